The third-order valence-corrected chi connectivity index (χ3v) is 3.35. The molecule has 0 aliphatic heterocycles. The lowest BCUT2D eigenvalue weighted by atomic mass is 10.00. The van der Waals surface area contributed by atoms with E-state index in [0.29, 0.717) is 0 Å². The van der Waals surface area contributed by atoms with Gasteiger partial charge in [0.15, 0.2) is 0 Å². The number of aromatic amines is 1. The van der Waals surface area contributed by atoms with Crippen molar-refractivity contribution in [3.05, 3.63) is 29.6 Å². The standard InChI is InChI=1S/C13H17N3O/c1-2-3-9(14)13-15-10-4-5-11-8(6-7-17-11)12(10)16-13/h6-7,9H,2-5,14H2,1H3,(H,15,16). The van der Waals surface area contributed by atoms with Crippen molar-refractivity contribution in [2.45, 2.75) is 38.6 Å². The Bertz CT molecular complexity index is 527. The van der Waals surface area contributed by atoms with Crippen LogP contribution in [-0.4, -0.2) is 9.97 Å². The third kappa shape index (κ3) is 1.69. The quantitative estimate of drug-likeness (QED) is 0.853. The molecule has 0 aromatic carbocycles. The summed E-state index contributed by atoms with van der Waals surface area (Å²) < 4.78 is 5.44. The number of aromatic nitrogens is 2. The van der Waals surface area contributed by atoms with E-state index < -0.39 is 0 Å². The fraction of sp³-hybridized carbons (Fsp3) is 0.462. The SMILES string of the molecule is CCCC(N)c1nc2c([nH]1)CCc1occc1-2. The predicted molar refractivity (Wildman–Crippen MR) is 65.5 cm³/mol. The van der Waals surface area contributed by atoms with E-state index in [9.17, 15) is 0 Å². The van der Waals surface area contributed by atoms with Gasteiger partial charge in [-0.3, -0.25) is 0 Å². The first-order valence-electron chi connectivity index (χ1n) is 6.20. The van der Waals surface area contributed by atoms with Crippen LogP contribution < -0.4 is 5.73 Å². The minimum absolute atomic E-state index is 0.0148. The molecule has 2 aromatic heterocycles. The van der Waals surface area contributed by atoms with Crippen molar-refractivity contribution < 1.29 is 4.42 Å². The van der Waals surface area contributed by atoms with Crippen molar-refractivity contribution >= 4 is 0 Å². The Balaban J connectivity index is 1.99. The van der Waals surface area contributed by atoms with Crippen molar-refractivity contribution in [1.82, 2.24) is 9.97 Å². The zero-order valence-corrected chi connectivity index (χ0v) is 9.99. The van der Waals surface area contributed by atoms with Crippen LogP contribution in [0, 0.1) is 0 Å². The number of nitrogens with zero attached hydrogens (tertiary/aromatic N) is 1. The van der Waals surface area contributed by atoms with Gasteiger partial charge in [0, 0.05) is 17.7 Å². The Kier molecular flexibility index (Phi) is 2.52. The Morgan fingerprint density at radius 3 is 3.24 bits per heavy atom. The summed E-state index contributed by atoms with van der Waals surface area (Å²) in [7, 11) is 0. The first kappa shape index (κ1) is 10.6. The van der Waals surface area contributed by atoms with Crippen LogP contribution in [0.4, 0.5) is 0 Å². The molecule has 1 aliphatic rings. The summed E-state index contributed by atoms with van der Waals surface area (Å²) in [5, 5.41) is 0. The summed E-state index contributed by atoms with van der Waals surface area (Å²) in [4.78, 5) is 8.01. The molecule has 0 amide bonds. The van der Waals surface area contributed by atoms with Crippen molar-refractivity contribution in [3.63, 3.8) is 0 Å². The Labute approximate surface area is 100 Å². The molecule has 2 aromatic rings. The van der Waals surface area contributed by atoms with Gasteiger partial charge >= 0.3 is 0 Å². The zero-order valence-electron chi connectivity index (χ0n) is 9.99. The molecule has 2 heterocycles. The Hall–Kier alpha value is -1.55. The molecule has 3 N–H and O–H groups in total. The van der Waals surface area contributed by atoms with Crippen LogP contribution in [0.25, 0.3) is 11.3 Å². The van der Waals surface area contributed by atoms with Crippen LogP contribution in [0.5, 0.6) is 0 Å². The molecule has 1 unspecified atom stereocenters. The average molecular weight is 231 g/mol. The van der Waals surface area contributed by atoms with Crippen molar-refractivity contribution in [2.24, 2.45) is 5.73 Å². The second kappa shape index (κ2) is 4.04. The molecule has 0 radical (unpaired) electrons. The van der Waals surface area contributed by atoms with Gasteiger partial charge in [0.25, 0.3) is 0 Å². The van der Waals surface area contributed by atoms with Gasteiger partial charge in [-0.15, -0.1) is 0 Å². The molecule has 1 atom stereocenters. The lowest BCUT2D eigenvalue weighted by Gasteiger charge is -2.08. The van der Waals surface area contributed by atoms with E-state index in [0.717, 1.165) is 48.5 Å². The first-order chi connectivity index (χ1) is 8.29. The monoisotopic (exact) mass is 231 g/mol. The van der Waals surface area contributed by atoms with Crippen LogP contribution in [0.1, 0.15) is 43.1 Å². The van der Waals surface area contributed by atoms with E-state index in [1.807, 2.05) is 6.07 Å². The van der Waals surface area contributed by atoms with Crippen LogP contribution in [0.15, 0.2) is 16.7 Å². The second-order valence-electron chi connectivity index (χ2n) is 4.60. The van der Waals surface area contributed by atoms with E-state index in [1.165, 1.54) is 5.69 Å². The normalized spacial score (nSPS) is 15.4. The van der Waals surface area contributed by atoms with Gasteiger partial charge in [-0.25, -0.2) is 4.98 Å². The second-order valence-corrected chi connectivity index (χ2v) is 4.60. The number of rotatable bonds is 3. The number of nitrogens with two attached hydrogens (primary N) is 1. The maximum Gasteiger partial charge on any atom is 0.124 e. The molecule has 0 spiro atoms. The third-order valence-electron chi connectivity index (χ3n) is 3.35. The molecule has 4 heteroatoms. The maximum absolute atomic E-state index is 6.10. The summed E-state index contributed by atoms with van der Waals surface area (Å²) in [5.41, 5.74) is 9.44. The maximum atomic E-state index is 6.10. The molecule has 0 saturated heterocycles. The van der Waals surface area contributed by atoms with Gasteiger partial charge in [-0.1, -0.05) is 13.3 Å². The van der Waals surface area contributed by atoms with Crippen molar-refractivity contribution in [2.75, 3.05) is 0 Å². The summed E-state index contributed by atoms with van der Waals surface area (Å²) in [6.45, 7) is 2.14. The van der Waals surface area contributed by atoms with Crippen LogP contribution in [0.2, 0.25) is 0 Å². The summed E-state index contributed by atoms with van der Waals surface area (Å²) in [6, 6.07) is 2.00. The smallest absolute Gasteiger partial charge is 0.124 e. The summed E-state index contributed by atoms with van der Waals surface area (Å²) in [5.74, 6) is 1.95. The molecule has 3 rings (SSSR count). The number of H-pyrrole nitrogens is 1. The first-order valence-corrected chi connectivity index (χ1v) is 6.20. The van der Waals surface area contributed by atoms with Crippen molar-refractivity contribution in [3.8, 4) is 11.3 Å². The molecule has 0 bridgehead atoms. The Morgan fingerprint density at radius 2 is 2.41 bits per heavy atom. The average Bonchev–Trinajstić information content (AvgIpc) is 2.94. The van der Waals surface area contributed by atoms with E-state index >= 15 is 0 Å². The number of fused-ring (bicyclic) bond motifs is 3. The Morgan fingerprint density at radius 1 is 1.53 bits per heavy atom. The van der Waals surface area contributed by atoms with Gasteiger partial charge in [0.2, 0.25) is 0 Å². The largest absolute Gasteiger partial charge is 0.469 e. The molecule has 4 nitrogen and oxygen atoms in total. The highest BCUT2D eigenvalue weighted by atomic mass is 16.3. The predicted octanol–water partition coefficient (Wildman–Crippen LogP) is 2.57. The van der Waals surface area contributed by atoms with E-state index in [-0.39, 0.29) is 6.04 Å². The number of aryl methyl sites for hydroxylation is 2. The van der Waals surface area contributed by atoms with Gasteiger partial charge in [-0.05, 0) is 18.9 Å². The van der Waals surface area contributed by atoms with Crippen molar-refractivity contribution in [1.29, 1.82) is 0 Å². The van der Waals surface area contributed by atoms with Crippen LogP contribution in [-0.2, 0) is 12.8 Å². The number of furan rings is 1. The number of hydrogen-bond acceptors (Lipinski definition) is 3. The molecular weight excluding hydrogens is 214 g/mol. The van der Waals surface area contributed by atoms with Gasteiger partial charge in [0.05, 0.1) is 18.0 Å². The number of imidazole rings is 1. The lowest BCUT2D eigenvalue weighted by Crippen LogP contribution is -2.11. The fourth-order valence-electron chi connectivity index (χ4n) is 2.44. The van der Waals surface area contributed by atoms with E-state index in [2.05, 4.69) is 16.9 Å². The number of nitrogens with one attached hydrogen (secondary N) is 1. The molecule has 1 aliphatic carbocycles. The van der Waals surface area contributed by atoms with E-state index in [1.54, 1.807) is 6.26 Å². The van der Waals surface area contributed by atoms with Gasteiger partial charge < -0.3 is 15.1 Å². The van der Waals surface area contributed by atoms with Crippen LogP contribution >= 0.6 is 0 Å². The van der Waals surface area contributed by atoms with Gasteiger partial charge in [0.1, 0.15) is 11.6 Å². The molecule has 90 valence electrons. The lowest BCUT2D eigenvalue weighted by molar-refractivity contribution is 0.506. The molecule has 0 saturated carbocycles. The highest BCUT2D eigenvalue weighted by Gasteiger charge is 2.23. The minimum Gasteiger partial charge on any atom is -0.469 e. The topological polar surface area (TPSA) is 67.8 Å². The molecule has 17 heavy (non-hydrogen) atoms. The summed E-state index contributed by atoms with van der Waals surface area (Å²) >= 11 is 0. The highest BCUT2D eigenvalue weighted by molar-refractivity contribution is 5.66. The highest BCUT2D eigenvalue weighted by Crippen LogP contribution is 2.33. The molecular formula is C13H17N3O. The minimum atomic E-state index is 0.0148. The fourth-order valence-corrected chi connectivity index (χ4v) is 2.44. The zero-order chi connectivity index (χ0) is 11.8. The van der Waals surface area contributed by atoms with Crippen LogP contribution in [0.3, 0.4) is 0 Å². The van der Waals surface area contributed by atoms with E-state index in [4.69, 9.17) is 10.2 Å². The van der Waals surface area contributed by atoms with Gasteiger partial charge in [-0.2, -0.15) is 0 Å². The number of hydrogen-bond donors (Lipinski definition) is 2. The summed E-state index contributed by atoms with van der Waals surface area (Å²) in [6.07, 6.45) is 5.68. The molecule has 0 fully saturated rings.